The Hall–Kier alpha value is -1.84. The number of piperidine rings is 1. The van der Waals surface area contributed by atoms with Gasteiger partial charge in [0.2, 0.25) is 11.8 Å². The van der Waals surface area contributed by atoms with Gasteiger partial charge in [-0.05, 0) is 24.8 Å². The number of likely N-dealkylation sites (tertiary alicyclic amines) is 1. The molecule has 1 unspecified atom stereocenters. The van der Waals surface area contributed by atoms with Crippen molar-refractivity contribution in [2.45, 2.75) is 40.0 Å². The van der Waals surface area contributed by atoms with Gasteiger partial charge in [0.15, 0.2) is 0 Å². The summed E-state index contributed by atoms with van der Waals surface area (Å²) in [5.74, 6) is 0.137. The third kappa shape index (κ3) is 5.08. The molecule has 1 aliphatic heterocycles. The van der Waals surface area contributed by atoms with Gasteiger partial charge in [0, 0.05) is 25.0 Å². The molecule has 1 aliphatic rings. The van der Waals surface area contributed by atoms with Gasteiger partial charge in [0.1, 0.15) is 0 Å². The summed E-state index contributed by atoms with van der Waals surface area (Å²) in [4.78, 5) is 26.6. The molecule has 1 fully saturated rings. The van der Waals surface area contributed by atoms with E-state index < -0.39 is 0 Å². The highest BCUT2D eigenvalue weighted by Gasteiger charge is 2.33. The summed E-state index contributed by atoms with van der Waals surface area (Å²) in [6, 6.07) is 10.1. The van der Waals surface area contributed by atoms with Crippen LogP contribution in [-0.2, 0) is 16.0 Å². The summed E-state index contributed by atoms with van der Waals surface area (Å²) in [7, 11) is 0. The second-order valence-corrected chi connectivity index (χ2v) is 7.37. The van der Waals surface area contributed by atoms with Crippen LogP contribution in [0.4, 0.5) is 0 Å². The van der Waals surface area contributed by atoms with Crippen LogP contribution in [0.1, 0.15) is 39.2 Å². The molecule has 0 bridgehead atoms. The minimum Gasteiger partial charge on any atom is -0.355 e. The molecule has 0 saturated carbocycles. The van der Waals surface area contributed by atoms with Crippen LogP contribution in [-0.4, -0.2) is 36.3 Å². The zero-order chi connectivity index (χ0) is 16.9. The second kappa shape index (κ2) is 7.62. The molecular formula is C19H28N2O2. The minimum absolute atomic E-state index is 0.0762. The summed E-state index contributed by atoms with van der Waals surface area (Å²) in [6.45, 7) is 7.75. The van der Waals surface area contributed by atoms with Crippen molar-refractivity contribution in [3.63, 3.8) is 0 Å². The predicted octanol–water partition coefficient (Wildman–Crippen LogP) is 2.63. The Morgan fingerprint density at radius 2 is 1.91 bits per heavy atom. The molecule has 4 heteroatoms. The number of nitrogens with one attached hydrogen (secondary N) is 1. The molecule has 0 radical (unpaired) electrons. The molecular weight excluding hydrogens is 288 g/mol. The lowest BCUT2D eigenvalue weighted by Crippen LogP contribution is -2.48. The number of hydrogen-bond acceptors (Lipinski definition) is 2. The normalized spacial score (nSPS) is 18.6. The fraction of sp³-hybridized carbons (Fsp3) is 0.579. The molecule has 0 aromatic heterocycles. The summed E-state index contributed by atoms with van der Waals surface area (Å²) in [6.07, 6.45) is 2.60. The Balaban J connectivity index is 1.81. The highest BCUT2D eigenvalue weighted by atomic mass is 16.2. The second-order valence-electron chi connectivity index (χ2n) is 7.37. The Labute approximate surface area is 139 Å². The number of amides is 2. The summed E-state index contributed by atoms with van der Waals surface area (Å²) in [5, 5.41) is 3.02. The minimum atomic E-state index is -0.383. The fourth-order valence-electron chi connectivity index (χ4n) is 2.97. The van der Waals surface area contributed by atoms with Gasteiger partial charge in [-0.15, -0.1) is 0 Å². The van der Waals surface area contributed by atoms with Crippen LogP contribution >= 0.6 is 0 Å². The summed E-state index contributed by atoms with van der Waals surface area (Å²) >= 11 is 0. The number of benzene rings is 1. The zero-order valence-corrected chi connectivity index (χ0v) is 14.5. The van der Waals surface area contributed by atoms with Crippen molar-refractivity contribution < 1.29 is 9.59 Å². The lowest BCUT2D eigenvalue weighted by Gasteiger charge is -2.35. The number of carbonyl (C=O) groups is 2. The van der Waals surface area contributed by atoms with E-state index in [2.05, 4.69) is 17.4 Å². The quantitative estimate of drug-likeness (QED) is 0.928. The van der Waals surface area contributed by atoms with Crippen LogP contribution in [0.2, 0.25) is 0 Å². The Morgan fingerprint density at radius 1 is 1.22 bits per heavy atom. The Morgan fingerprint density at radius 3 is 2.57 bits per heavy atom. The molecule has 1 saturated heterocycles. The topological polar surface area (TPSA) is 49.4 Å². The molecule has 4 nitrogen and oxygen atoms in total. The van der Waals surface area contributed by atoms with Crippen molar-refractivity contribution in [3.8, 4) is 0 Å². The lowest BCUT2D eigenvalue weighted by atomic mass is 9.91. The fourth-order valence-corrected chi connectivity index (χ4v) is 2.97. The average molecular weight is 316 g/mol. The van der Waals surface area contributed by atoms with Gasteiger partial charge in [0.25, 0.3) is 0 Å². The van der Waals surface area contributed by atoms with Crippen LogP contribution in [0.25, 0.3) is 0 Å². The lowest BCUT2D eigenvalue weighted by molar-refractivity contribution is -0.142. The van der Waals surface area contributed by atoms with Crippen LogP contribution in [0.3, 0.4) is 0 Å². The van der Waals surface area contributed by atoms with E-state index in [1.807, 2.05) is 43.9 Å². The maximum atomic E-state index is 12.4. The summed E-state index contributed by atoms with van der Waals surface area (Å²) < 4.78 is 0. The number of rotatable bonds is 4. The highest BCUT2D eigenvalue weighted by Crippen LogP contribution is 2.23. The van der Waals surface area contributed by atoms with Crippen LogP contribution in [0, 0.1) is 11.3 Å². The van der Waals surface area contributed by atoms with Crippen LogP contribution in [0.5, 0.6) is 0 Å². The van der Waals surface area contributed by atoms with Gasteiger partial charge in [0.05, 0.1) is 5.92 Å². The van der Waals surface area contributed by atoms with Gasteiger partial charge in [-0.25, -0.2) is 0 Å². The summed E-state index contributed by atoms with van der Waals surface area (Å²) in [5.41, 5.74) is 0.840. The molecule has 23 heavy (non-hydrogen) atoms. The van der Waals surface area contributed by atoms with Crippen LogP contribution < -0.4 is 5.32 Å². The maximum Gasteiger partial charge on any atom is 0.227 e. The Kier molecular flexibility index (Phi) is 5.80. The van der Waals surface area contributed by atoms with E-state index in [0.29, 0.717) is 13.1 Å². The maximum absolute atomic E-state index is 12.4. The molecule has 1 atom stereocenters. The van der Waals surface area contributed by atoms with Crippen LogP contribution in [0.15, 0.2) is 30.3 Å². The molecule has 1 aromatic carbocycles. The van der Waals surface area contributed by atoms with Gasteiger partial charge < -0.3 is 10.2 Å². The van der Waals surface area contributed by atoms with Gasteiger partial charge in [-0.2, -0.15) is 0 Å². The molecule has 0 aliphatic carbocycles. The van der Waals surface area contributed by atoms with Crippen molar-refractivity contribution in [2.75, 3.05) is 19.6 Å². The first-order chi connectivity index (χ1) is 10.9. The van der Waals surface area contributed by atoms with E-state index in [-0.39, 0.29) is 23.1 Å². The van der Waals surface area contributed by atoms with Gasteiger partial charge in [-0.3, -0.25) is 9.59 Å². The largest absolute Gasteiger partial charge is 0.355 e. The third-order valence-electron chi connectivity index (χ3n) is 4.28. The monoisotopic (exact) mass is 316 g/mol. The highest BCUT2D eigenvalue weighted by molar-refractivity contribution is 5.83. The van der Waals surface area contributed by atoms with Crippen molar-refractivity contribution >= 4 is 11.8 Å². The van der Waals surface area contributed by atoms with E-state index in [4.69, 9.17) is 0 Å². The van der Waals surface area contributed by atoms with E-state index in [0.717, 1.165) is 25.8 Å². The van der Waals surface area contributed by atoms with Gasteiger partial charge in [-0.1, -0.05) is 51.1 Å². The number of carbonyl (C=O) groups excluding carboxylic acids is 2. The first kappa shape index (κ1) is 17.5. The van der Waals surface area contributed by atoms with Crippen molar-refractivity contribution in [1.82, 2.24) is 10.2 Å². The zero-order valence-electron chi connectivity index (χ0n) is 14.5. The van der Waals surface area contributed by atoms with E-state index >= 15 is 0 Å². The SMILES string of the molecule is CC(C)(C)C(=O)N1CCCC(C(=O)NCCc2ccccc2)C1. The average Bonchev–Trinajstić information content (AvgIpc) is 2.54. The molecule has 0 spiro atoms. The first-order valence-electron chi connectivity index (χ1n) is 8.49. The van der Waals surface area contributed by atoms with Crippen molar-refractivity contribution in [2.24, 2.45) is 11.3 Å². The van der Waals surface area contributed by atoms with Crippen molar-refractivity contribution in [1.29, 1.82) is 0 Å². The predicted molar refractivity (Wildman–Crippen MR) is 91.9 cm³/mol. The molecule has 2 amide bonds. The first-order valence-corrected chi connectivity index (χ1v) is 8.49. The molecule has 2 rings (SSSR count). The number of hydrogen-bond donors (Lipinski definition) is 1. The van der Waals surface area contributed by atoms with Gasteiger partial charge >= 0.3 is 0 Å². The molecule has 126 valence electrons. The molecule has 1 heterocycles. The van der Waals surface area contributed by atoms with Crippen molar-refractivity contribution in [3.05, 3.63) is 35.9 Å². The molecule has 1 N–H and O–H groups in total. The van der Waals surface area contributed by atoms with E-state index in [9.17, 15) is 9.59 Å². The third-order valence-corrected chi connectivity index (χ3v) is 4.28. The number of nitrogens with zero attached hydrogens (tertiary/aromatic N) is 1. The smallest absolute Gasteiger partial charge is 0.227 e. The Bertz CT molecular complexity index is 534. The van der Waals surface area contributed by atoms with E-state index in [1.54, 1.807) is 0 Å². The standard InChI is InChI=1S/C19H28N2O2/c1-19(2,3)18(23)21-13-7-10-16(14-21)17(22)20-12-11-15-8-5-4-6-9-15/h4-6,8-9,16H,7,10-14H2,1-3H3,(H,20,22). The van der Waals surface area contributed by atoms with E-state index in [1.165, 1.54) is 5.56 Å². The molecule has 1 aromatic rings.